The normalized spacial score (nSPS) is 19.5. The molecule has 204 valence electrons. The Morgan fingerprint density at radius 1 is 0.595 bits per heavy atom. The molecule has 0 spiro atoms. The van der Waals surface area contributed by atoms with Gasteiger partial charge < -0.3 is 28.4 Å². The largest absolute Gasteiger partial charge is 0.491 e. The maximum atomic E-state index is 14.3. The average molecular weight is 536 g/mol. The zero-order chi connectivity index (χ0) is 26.5. The van der Waals surface area contributed by atoms with Gasteiger partial charge in [-0.05, 0) is 35.4 Å². The fourth-order valence-corrected chi connectivity index (χ4v) is 3.78. The minimum Gasteiger partial charge on any atom is -0.491 e. The smallest absolute Gasteiger partial charge is 0.411 e. The highest BCUT2D eigenvalue weighted by Crippen LogP contribution is 2.56. The second kappa shape index (κ2) is 11.5. The van der Waals surface area contributed by atoms with Gasteiger partial charge in [0, 0.05) is 0 Å². The van der Waals surface area contributed by atoms with Crippen LogP contribution in [0.3, 0.4) is 0 Å². The molecule has 12 heteroatoms. The minimum absolute atomic E-state index is 0.0688. The van der Waals surface area contributed by atoms with Crippen LogP contribution in [0, 0.1) is 0 Å². The third-order valence-corrected chi connectivity index (χ3v) is 5.83. The molecule has 2 aromatic rings. The molecule has 2 saturated heterocycles. The summed E-state index contributed by atoms with van der Waals surface area (Å²) in [6, 6.07) is 7.43. The summed E-state index contributed by atoms with van der Waals surface area (Å²) in [7, 11) is 0. The van der Waals surface area contributed by atoms with Crippen molar-refractivity contribution in [1.82, 2.24) is 0 Å². The van der Waals surface area contributed by atoms with E-state index in [0.29, 0.717) is 26.4 Å². The number of benzene rings is 2. The van der Waals surface area contributed by atoms with Gasteiger partial charge in [-0.1, -0.05) is 24.3 Å². The van der Waals surface area contributed by atoms with Crippen molar-refractivity contribution in [3.8, 4) is 11.5 Å². The molecule has 0 aliphatic carbocycles. The van der Waals surface area contributed by atoms with E-state index in [2.05, 4.69) is 0 Å². The Kier molecular flexibility index (Phi) is 8.52. The van der Waals surface area contributed by atoms with E-state index in [1.54, 1.807) is 0 Å². The van der Waals surface area contributed by atoms with Crippen LogP contribution in [0.2, 0.25) is 0 Å². The van der Waals surface area contributed by atoms with Crippen LogP contribution < -0.4 is 9.47 Å². The van der Waals surface area contributed by atoms with Gasteiger partial charge in [0.05, 0.1) is 39.6 Å². The number of ether oxygens (including phenoxy) is 6. The molecule has 2 aliphatic heterocycles. The number of halogens is 6. The van der Waals surface area contributed by atoms with Crippen molar-refractivity contribution in [2.24, 2.45) is 0 Å². The Bertz CT molecular complexity index is 903. The zero-order valence-corrected chi connectivity index (χ0v) is 19.6. The van der Waals surface area contributed by atoms with Gasteiger partial charge in [-0.2, -0.15) is 26.3 Å². The fraction of sp³-hybridized carbons (Fsp3) is 0.520. The number of alkyl halides is 6. The van der Waals surface area contributed by atoms with Crippen LogP contribution in [0.5, 0.6) is 11.5 Å². The van der Waals surface area contributed by atoms with Crippen LogP contribution in [0.1, 0.15) is 11.1 Å². The van der Waals surface area contributed by atoms with Gasteiger partial charge in [-0.15, -0.1) is 0 Å². The van der Waals surface area contributed by atoms with Crippen molar-refractivity contribution in [1.29, 1.82) is 0 Å². The molecule has 0 radical (unpaired) electrons. The lowest BCUT2D eigenvalue weighted by Crippen LogP contribution is -2.54. The molecule has 0 aromatic heterocycles. The van der Waals surface area contributed by atoms with E-state index in [4.69, 9.17) is 28.4 Å². The molecule has 0 N–H and O–H groups in total. The molecule has 2 fully saturated rings. The van der Waals surface area contributed by atoms with Gasteiger partial charge in [-0.3, -0.25) is 0 Å². The summed E-state index contributed by atoms with van der Waals surface area (Å²) in [6.07, 6.45) is -11.2. The summed E-state index contributed by atoms with van der Waals surface area (Å²) < 4.78 is 117. The molecular formula is C25H26F6O6. The standard InChI is InChI=1S/C25H26F6O6/c26-24(27,28)23(25(29,30)31,17-1-5-19(6-2-17)34-11-9-32-13-21-15-36-21)18-3-7-20(8-4-18)35-12-10-33-14-22-16-37-22/h1-8,21-22H,9-16H2. The third kappa shape index (κ3) is 6.86. The first kappa shape index (κ1) is 27.5. The molecule has 2 heterocycles. The van der Waals surface area contributed by atoms with Gasteiger partial charge >= 0.3 is 12.4 Å². The Morgan fingerprint density at radius 3 is 1.24 bits per heavy atom. The molecule has 0 saturated carbocycles. The highest BCUT2D eigenvalue weighted by molar-refractivity contribution is 5.47. The molecule has 4 rings (SSSR count). The molecule has 2 aliphatic rings. The fourth-order valence-electron chi connectivity index (χ4n) is 3.78. The second-order valence-corrected chi connectivity index (χ2v) is 8.55. The monoisotopic (exact) mass is 536 g/mol. The lowest BCUT2D eigenvalue weighted by molar-refractivity contribution is -0.288. The van der Waals surface area contributed by atoms with Crippen molar-refractivity contribution in [3.05, 3.63) is 59.7 Å². The average Bonchev–Trinajstić information content (AvgIpc) is 3.75. The second-order valence-electron chi connectivity index (χ2n) is 8.55. The summed E-state index contributed by atoms with van der Waals surface area (Å²) in [4.78, 5) is 0. The van der Waals surface area contributed by atoms with Crippen LogP contribution >= 0.6 is 0 Å². The van der Waals surface area contributed by atoms with Crippen molar-refractivity contribution >= 4 is 0 Å². The summed E-state index contributed by atoms with van der Waals surface area (Å²) in [5, 5.41) is 0. The van der Waals surface area contributed by atoms with Crippen LogP contribution in [-0.2, 0) is 24.4 Å². The molecule has 2 aromatic carbocycles. The third-order valence-electron chi connectivity index (χ3n) is 5.83. The van der Waals surface area contributed by atoms with Gasteiger partial charge in [0.15, 0.2) is 0 Å². The maximum absolute atomic E-state index is 14.3. The maximum Gasteiger partial charge on any atom is 0.411 e. The van der Waals surface area contributed by atoms with E-state index in [1.807, 2.05) is 0 Å². The van der Waals surface area contributed by atoms with Crippen molar-refractivity contribution in [3.63, 3.8) is 0 Å². The molecule has 0 bridgehead atoms. The quantitative estimate of drug-likeness (QED) is 0.199. The first-order chi connectivity index (χ1) is 17.6. The van der Waals surface area contributed by atoms with E-state index in [0.717, 1.165) is 48.5 Å². The van der Waals surface area contributed by atoms with Gasteiger partial charge in [-0.25, -0.2) is 0 Å². The number of rotatable bonds is 14. The van der Waals surface area contributed by atoms with E-state index < -0.39 is 28.9 Å². The molecule has 0 amide bonds. The SMILES string of the molecule is FC(F)(F)C(c1ccc(OCCOCC2CO2)cc1)(c1ccc(OCCOCC2CO2)cc1)C(F)(F)F. The minimum atomic E-state index is -5.69. The van der Waals surface area contributed by atoms with Crippen LogP contribution in [0.15, 0.2) is 48.5 Å². The van der Waals surface area contributed by atoms with Crippen LogP contribution in [-0.4, -0.2) is 77.4 Å². The number of hydrogen-bond donors (Lipinski definition) is 0. The molecule has 2 atom stereocenters. The zero-order valence-electron chi connectivity index (χ0n) is 19.6. The summed E-state index contributed by atoms with van der Waals surface area (Å²) >= 11 is 0. The van der Waals surface area contributed by atoms with E-state index in [9.17, 15) is 26.3 Å². The van der Waals surface area contributed by atoms with Gasteiger partial charge in [0.1, 0.15) is 36.9 Å². The lowest BCUT2D eigenvalue weighted by Gasteiger charge is -2.38. The van der Waals surface area contributed by atoms with Crippen molar-refractivity contribution in [2.45, 2.75) is 30.0 Å². The van der Waals surface area contributed by atoms with Crippen molar-refractivity contribution < 1.29 is 54.8 Å². The van der Waals surface area contributed by atoms with Crippen molar-refractivity contribution in [2.75, 3.05) is 52.9 Å². The number of hydrogen-bond acceptors (Lipinski definition) is 6. The van der Waals surface area contributed by atoms with Crippen LogP contribution in [0.4, 0.5) is 26.3 Å². The van der Waals surface area contributed by atoms with Crippen LogP contribution in [0.25, 0.3) is 0 Å². The first-order valence-electron chi connectivity index (χ1n) is 11.6. The highest BCUT2D eigenvalue weighted by atomic mass is 19.4. The van der Waals surface area contributed by atoms with Gasteiger partial charge in [0.25, 0.3) is 0 Å². The Hall–Kier alpha value is -2.54. The predicted molar refractivity (Wildman–Crippen MR) is 118 cm³/mol. The summed E-state index contributed by atoms with van der Waals surface area (Å²) in [6.45, 7) is 2.61. The predicted octanol–water partition coefficient (Wildman–Crippen LogP) is 4.69. The van der Waals surface area contributed by atoms with E-state index in [-0.39, 0.29) is 50.1 Å². The first-order valence-corrected chi connectivity index (χ1v) is 11.6. The van der Waals surface area contributed by atoms with Gasteiger partial charge in [0.2, 0.25) is 5.41 Å². The van der Waals surface area contributed by atoms with E-state index in [1.165, 1.54) is 0 Å². The Balaban J connectivity index is 1.47. The van der Waals surface area contributed by atoms with E-state index >= 15 is 0 Å². The molecule has 2 unspecified atom stereocenters. The topological polar surface area (TPSA) is 62.0 Å². The Labute approximate surface area is 209 Å². The Morgan fingerprint density at radius 2 is 0.946 bits per heavy atom. The summed E-state index contributed by atoms with van der Waals surface area (Å²) in [5.74, 6) is 0.236. The lowest BCUT2D eigenvalue weighted by atomic mass is 9.73. The molecule has 6 nitrogen and oxygen atoms in total. The number of epoxide rings is 2. The summed E-state index contributed by atoms with van der Waals surface area (Å²) in [5.41, 5.74) is -6.21. The highest BCUT2D eigenvalue weighted by Gasteiger charge is 2.72. The molecular weight excluding hydrogens is 510 g/mol. The molecule has 37 heavy (non-hydrogen) atoms.